The summed E-state index contributed by atoms with van der Waals surface area (Å²) in [6, 6.07) is 8.52. The lowest BCUT2D eigenvalue weighted by Crippen LogP contribution is -2.26. The molecular weight excluding hydrogens is 336 g/mol. The van der Waals surface area contributed by atoms with E-state index >= 15 is 0 Å². The van der Waals surface area contributed by atoms with Gasteiger partial charge in [-0.1, -0.05) is 17.7 Å². The van der Waals surface area contributed by atoms with Gasteiger partial charge >= 0.3 is 0 Å². The lowest BCUT2D eigenvalue weighted by molar-refractivity contribution is -0.124. The normalized spacial score (nSPS) is 17.0. The molecule has 2 amide bonds. The molecule has 1 atom stereocenters. The van der Waals surface area contributed by atoms with Crippen LogP contribution in [-0.4, -0.2) is 24.5 Å². The summed E-state index contributed by atoms with van der Waals surface area (Å²) < 4.78 is 5.33. The van der Waals surface area contributed by atoms with Crippen molar-refractivity contribution in [2.24, 2.45) is 0 Å². The molecule has 2 aromatic rings. The first-order valence-electron chi connectivity index (χ1n) is 7.20. The third-order valence-electron chi connectivity index (χ3n) is 3.45. The lowest BCUT2D eigenvalue weighted by Gasteiger charge is -2.12. The van der Waals surface area contributed by atoms with Crippen LogP contribution in [0.15, 0.2) is 35.7 Å². The number of amides is 2. The molecular formula is C16H15ClN2O3S. The van der Waals surface area contributed by atoms with Crippen LogP contribution in [0.5, 0.6) is 0 Å². The molecule has 1 aromatic carbocycles. The second kappa shape index (κ2) is 7.12. The molecule has 3 rings (SSSR count). The fourth-order valence-electron chi connectivity index (χ4n) is 2.29. The van der Waals surface area contributed by atoms with Gasteiger partial charge in [0.05, 0.1) is 15.6 Å². The van der Waals surface area contributed by atoms with E-state index in [1.54, 1.807) is 24.3 Å². The van der Waals surface area contributed by atoms with Crippen molar-refractivity contribution >= 4 is 46.1 Å². The number of hydrogen-bond acceptors (Lipinski definition) is 4. The number of thiophene rings is 1. The predicted octanol–water partition coefficient (Wildman–Crippen LogP) is 3.77. The third kappa shape index (κ3) is 3.90. The Labute approximate surface area is 142 Å². The molecule has 0 saturated carbocycles. The van der Waals surface area contributed by atoms with Gasteiger partial charge in [-0.15, -0.1) is 11.3 Å². The number of halogens is 1. The van der Waals surface area contributed by atoms with E-state index < -0.39 is 6.10 Å². The van der Waals surface area contributed by atoms with Crippen molar-refractivity contribution in [3.63, 3.8) is 0 Å². The highest BCUT2D eigenvalue weighted by atomic mass is 35.5. The maximum atomic E-state index is 12.0. The van der Waals surface area contributed by atoms with Crippen molar-refractivity contribution in [3.05, 3.63) is 45.6 Å². The quantitative estimate of drug-likeness (QED) is 0.882. The van der Waals surface area contributed by atoms with Gasteiger partial charge in [0.1, 0.15) is 6.10 Å². The molecule has 1 saturated heterocycles. The van der Waals surface area contributed by atoms with E-state index in [1.807, 2.05) is 11.4 Å². The maximum absolute atomic E-state index is 12.0. The van der Waals surface area contributed by atoms with Gasteiger partial charge in [0.15, 0.2) is 0 Å². The minimum Gasteiger partial charge on any atom is -0.368 e. The summed E-state index contributed by atoms with van der Waals surface area (Å²) >= 11 is 7.54. The van der Waals surface area contributed by atoms with Crippen LogP contribution in [0.3, 0.4) is 0 Å². The number of nitrogens with one attached hydrogen (secondary N) is 2. The van der Waals surface area contributed by atoms with E-state index in [1.165, 1.54) is 11.3 Å². The van der Waals surface area contributed by atoms with Gasteiger partial charge in [-0.05, 0) is 42.5 Å². The number of carbonyl (C=O) groups is 2. The van der Waals surface area contributed by atoms with Crippen LogP contribution in [-0.2, 0) is 9.53 Å². The summed E-state index contributed by atoms with van der Waals surface area (Å²) in [5.74, 6) is -0.382. The van der Waals surface area contributed by atoms with Crippen LogP contribution >= 0.6 is 22.9 Å². The zero-order valence-corrected chi connectivity index (χ0v) is 13.7. The van der Waals surface area contributed by atoms with Crippen LogP contribution in [0.25, 0.3) is 0 Å². The molecule has 1 unspecified atom stereocenters. The zero-order valence-electron chi connectivity index (χ0n) is 12.2. The molecule has 2 N–H and O–H groups in total. The first-order valence-corrected chi connectivity index (χ1v) is 8.46. The first-order chi connectivity index (χ1) is 11.1. The fourth-order valence-corrected chi connectivity index (χ4v) is 3.14. The van der Waals surface area contributed by atoms with E-state index in [2.05, 4.69) is 10.6 Å². The summed E-state index contributed by atoms with van der Waals surface area (Å²) in [5, 5.41) is 7.72. The highest BCUT2D eigenvalue weighted by Gasteiger charge is 2.23. The van der Waals surface area contributed by atoms with E-state index in [0.29, 0.717) is 27.9 Å². The zero-order chi connectivity index (χ0) is 16.2. The number of carbonyl (C=O) groups excluding carboxylic acids is 2. The number of anilines is 2. The Morgan fingerprint density at radius 1 is 1.26 bits per heavy atom. The standard InChI is InChI=1S/C16H15ClN2O3S/c17-11-9-10(18-15(20)13-3-1-7-22-13)5-6-12(11)19-16(21)14-4-2-8-23-14/h2,4-6,8-9,13H,1,3,7H2,(H,18,20)(H,19,21). The summed E-state index contributed by atoms with van der Waals surface area (Å²) in [6.45, 7) is 0.618. The van der Waals surface area contributed by atoms with Crippen LogP contribution in [0, 0.1) is 0 Å². The smallest absolute Gasteiger partial charge is 0.265 e. The fraction of sp³-hybridized carbons (Fsp3) is 0.250. The molecule has 7 heteroatoms. The van der Waals surface area contributed by atoms with Gasteiger partial charge < -0.3 is 15.4 Å². The van der Waals surface area contributed by atoms with Crippen LogP contribution in [0.1, 0.15) is 22.5 Å². The topological polar surface area (TPSA) is 67.4 Å². The van der Waals surface area contributed by atoms with Crippen molar-refractivity contribution in [2.75, 3.05) is 17.2 Å². The second-order valence-electron chi connectivity index (χ2n) is 5.12. The summed E-state index contributed by atoms with van der Waals surface area (Å²) in [7, 11) is 0. The van der Waals surface area contributed by atoms with Crippen molar-refractivity contribution < 1.29 is 14.3 Å². The Morgan fingerprint density at radius 3 is 2.78 bits per heavy atom. The monoisotopic (exact) mass is 350 g/mol. The minimum absolute atomic E-state index is 0.172. The van der Waals surface area contributed by atoms with Gasteiger partial charge in [-0.2, -0.15) is 0 Å². The number of ether oxygens (including phenoxy) is 1. The number of hydrogen-bond donors (Lipinski definition) is 2. The molecule has 1 aromatic heterocycles. The molecule has 23 heavy (non-hydrogen) atoms. The molecule has 0 spiro atoms. The van der Waals surface area contributed by atoms with Gasteiger partial charge in [-0.3, -0.25) is 9.59 Å². The van der Waals surface area contributed by atoms with Crippen LogP contribution in [0.4, 0.5) is 11.4 Å². The minimum atomic E-state index is -0.396. The Kier molecular flexibility index (Phi) is 4.95. The Bertz CT molecular complexity index is 712. The average molecular weight is 351 g/mol. The van der Waals surface area contributed by atoms with Crippen molar-refractivity contribution in [1.29, 1.82) is 0 Å². The Balaban J connectivity index is 1.65. The Hall–Kier alpha value is -1.89. The first kappa shape index (κ1) is 16.0. The molecule has 0 radical (unpaired) electrons. The Morgan fingerprint density at radius 2 is 2.13 bits per heavy atom. The maximum Gasteiger partial charge on any atom is 0.265 e. The molecule has 5 nitrogen and oxygen atoms in total. The van der Waals surface area contributed by atoms with Gasteiger partial charge in [-0.25, -0.2) is 0 Å². The van der Waals surface area contributed by atoms with E-state index in [0.717, 1.165) is 12.8 Å². The SMILES string of the molecule is O=C(Nc1ccc(NC(=O)C2CCCO2)cc1Cl)c1cccs1. The van der Waals surface area contributed by atoms with E-state index in [9.17, 15) is 9.59 Å². The summed E-state index contributed by atoms with van der Waals surface area (Å²) in [5.41, 5.74) is 1.07. The summed E-state index contributed by atoms with van der Waals surface area (Å²) in [4.78, 5) is 24.6. The molecule has 120 valence electrons. The predicted molar refractivity (Wildman–Crippen MR) is 91.3 cm³/mol. The molecule has 0 bridgehead atoms. The van der Waals surface area contributed by atoms with Crippen LogP contribution in [0.2, 0.25) is 5.02 Å². The van der Waals surface area contributed by atoms with E-state index in [4.69, 9.17) is 16.3 Å². The highest BCUT2D eigenvalue weighted by molar-refractivity contribution is 7.12. The van der Waals surface area contributed by atoms with Crippen molar-refractivity contribution in [1.82, 2.24) is 0 Å². The third-order valence-corrected chi connectivity index (χ3v) is 4.63. The van der Waals surface area contributed by atoms with Gasteiger partial charge in [0.2, 0.25) is 0 Å². The molecule has 1 aliphatic rings. The van der Waals surface area contributed by atoms with Crippen molar-refractivity contribution in [3.8, 4) is 0 Å². The average Bonchev–Trinajstić information content (AvgIpc) is 3.23. The van der Waals surface area contributed by atoms with Crippen LogP contribution < -0.4 is 10.6 Å². The summed E-state index contributed by atoms with van der Waals surface area (Å²) in [6.07, 6.45) is 1.23. The van der Waals surface area contributed by atoms with E-state index in [-0.39, 0.29) is 11.8 Å². The largest absolute Gasteiger partial charge is 0.368 e. The van der Waals surface area contributed by atoms with Crippen molar-refractivity contribution in [2.45, 2.75) is 18.9 Å². The second-order valence-corrected chi connectivity index (χ2v) is 6.47. The lowest BCUT2D eigenvalue weighted by atomic mass is 10.2. The molecule has 1 aliphatic heterocycles. The van der Waals surface area contributed by atoms with Gasteiger partial charge in [0, 0.05) is 12.3 Å². The molecule has 1 fully saturated rings. The molecule has 2 heterocycles. The van der Waals surface area contributed by atoms with Gasteiger partial charge in [0.25, 0.3) is 11.8 Å². The number of benzene rings is 1. The highest BCUT2D eigenvalue weighted by Crippen LogP contribution is 2.27. The number of rotatable bonds is 4. The molecule has 0 aliphatic carbocycles.